The summed E-state index contributed by atoms with van der Waals surface area (Å²) >= 11 is 3.11. The van der Waals surface area contributed by atoms with Crippen LogP contribution in [0.5, 0.6) is 0 Å². The molecule has 6 heavy (non-hydrogen) atoms. The Hall–Kier alpha value is 0.400. The van der Waals surface area contributed by atoms with Crippen LogP contribution >= 0.6 is 15.9 Å². The second kappa shape index (κ2) is 5.40. The Morgan fingerprint density at radius 3 is 2.50 bits per heavy atom. The molecule has 38 valence electrons. The maximum Gasteiger partial charge on any atom is 0.143 e. The third-order valence-electron chi connectivity index (χ3n) is 0.313. The molecular weight excluding hydrogens is 148 g/mol. The molecule has 0 atom stereocenters. The summed E-state index contributed by atoms with van der Waals surface area (Å²) in [5, 5.41) is 8.74. The van der Waals surface area contributed by atoms with E-state index in [2.05, 4.69) is 20.7 Å². The molecule has 0 fully saturated rings. The summed E-state index contributed by atoms with van der Waals surface area (Å²) in [5.41, 5.74) is 0. The van der Waals surface area contributed by atoms with Gasteiger partial charge in [-0.05, 0) is 0 Å². The molecule has 0 aliphatic carbocycles. The number of halogens is 1. The van der Waals surface area contributed by atoms with Crippen molar-refractivity contribution in [3.63, 3.8) is 0 Å². The van der Waals surface area contributed by atoms with Crippen molar-refractivity contribution in [2.45, 2.75) is 0 Å². The van der Waals surface area contributed by atoms with Gasteiger partial charge in [-0.2, -0.15) is 0 Å². The smallest absolute Gasteiger partial charge is 0.143 e. The first-order valence-corrected chi connectivity index (χ1v) is 2.78. The standard InChI is InChI=1S/C3H7BrO2/c4-1-2-6-3-5/h5H,1-3H2. The Morgan fingerprint density at radius 1 is 1.67 bits per heavy atom. The largest absolute Gasteiger partial charge is 0.371 e. The second-order valence-corrected chi connectivity index (χ2v) is 1.52. The molecule has 0 saturated carbocycles. The third kappa shape index (κ3) is 4.40. The Labute approximate surface area is 45.2 Å². The van der Waals surface area contributed by atoms with E-state index < -0.39 is 0 Å². The van der Waals surface area contributed by atoms with Crippen molar-refractivity contribution in [2.75, 3.05) is 18.7 Å². The van der Waals surface area contributed by atoms with Crippen LogP contribution in [-0.2, 0) is 4.74 Å². The lowest BCUT2D eigenvalue weighted by Gasteiger charge is -1.89. The van der Waals surface area contributed by atoms with Crippen LogP contribution in [0, 0.1) is 0 Å². The van der Waals surface area contributed by atoms with E-state index in [9.17, 15) is 0 Å². The molecule has 1 N–H and O–H groups in total. The van der Waals surface area contributed by atoms with Gasteiger partial charge in [-0.25, -0.2) is 0 Å². The highest BCUT2D eigenvalue weighted by Crippen LogP contribution is 1.77. The first kappa shape index (κ1) is 6.40. The summed E-state index contributed by atoms with van der Waals surface area (Å²) in [6, 6.07) is 0. The van der Waals surface area contributed by atoms with Crippen molar-refractivity contribution >= 4 is 15.9 Å². The van der Waals surface area contributed by atoms with E-state index in [-0.39, 0.29) is 6.79 Å². The normalized spacial score (nSPS) is 9.00. The molecule has 0 aromatic heterocycles. The summed E-state index contributed by atoms with van der Waals surface area (Å²) in [7, 11) is 0. The quantitative estimate of drug-likeness (QED) is 0.362. The maximum atomic E-state index is 7.95. The average Bonchev–Trinajstić information content (AvgIpc) is 1.61. The minimum absolute atomic E-state index is 0.175. The zero-order valence-corrected chi connectivity index (χ0v) is 4.94. The molecule has 0 saturated heterocycles. The van der Waals surface area contributed by atoms with Crippen LogP contribution in [0.1, 0.15) is 0 Å². The predicted octanol–water partition coefficient (Wildman–Crippen LogP) is 0.348. The first-order valence-electron chi connectivity index (χ1n) is 1.66. The highest BCUT2D eigenvalue weighted by molar-refractivity contribution is 9.09. The SMILES string of the molecule is OCOCCBr. The number of hydrogen-bond donors (Lipinski definition) is 1. The van der Waals surface area contributed by atoms with E-state index in [1.54, 1.807) is 0 Å². The van der Waals surface area contributed by atoms with E-state index >= 15 is 0 Å². The van der Waals surface area contributed by atoms with Crippen LogP contribution < -0.4 is 0 Å². The zero-order chi connectivity index (χ0) is 4.83. The van der Waals surface area contributed by atoms with Gasteiger partial charge in [0.15, 0.2) is 0 Å². The molecule has 0 rings (SSSR count). The minimum Gasteiger partial charge on any atom is -0.371 e. The highest BCUT2D eigenvalue weighted by Gasteiger charge is 1.74. The number of rotatable bonds is 3. The Bertz CT molecular complexity index is 20.8. The summed E-state index contributed by atoms with van der Waals surface area (Å²) in [4.78, 5) is 0. The number of aliphatic hydroxyl groups is 1. The predicted molar refractivity (Wildman–Crippen MR) is 26.8 cm³/mol. The third-order valence-corrected chi connectivity index (χ3v) is 0.637. The Morgan fingerprint density at radius 2 is 2.33 bits per heavy atom. The molecule has 0 spiro atoms. The van der Waals surface area contributed by atoms with Gasteiger partial charge in [0.25, 0.3) is 0 Å². The van der Waals surface area contributed by atoms with E-state index in [1.165, 1.54) is 0 Å². The van der Waals surface area contributed by atoms with E-state index in [0.717, 1.165) is 5.33 Å². The second-order valence-electron chi connectivity index (χ2n) is 0.726. The topological polar surface area (TPSA) is 29.5 Å². The van der Waals surface area contributed by atoms with Crippen molar-refractivity contribution in [1.82, 2.24) is 0 Å². The lowest BCUT2D eigenvalue weighted by Crippen LogP contribution is -1.94. The fraction of sp³-hybridized carbons (Fsp3) is 1.00. The van der Waals surface area contributed by atoms with Crippen molar-refractivity contribution in [1.29, 1.82) is 0 Å². The summed E-state index contributed by atoms with van der Waals surface area (Å²) in [6.07, 6.45) is 0. The van der Waals surface area contributed by atoms with Gasteiger partial charge in [-0.1, -0.05) is 15.9 Å². The summed E-state index contributed by atoms with van der Waals surface area (Å²) in [6.45, 7) is 0.405. The van der Waals surface area contributed by atoms with Crippen molar-refractivity contribution < 1.29 is 9.84 Å². The first-order chi connectivity index (χ1) is 2.91. The molecule has 0 bridgehead atoms. The van der Waals surface area contributed by atoms with E-state index in [1.807, 2.05) is 0 Å². The molecule has 0 aliphatic heterocycles. The van der Waals surface area contributed by atoms with Gasteiger partial charge in [0.1, 0.15) is 6.79 Å². The molecule has 0 aliphatic rings. The maximum absolute atomic E-state index is 7.95. The molecule has 0 radical (unpaired) electrons. The number of hydrogen-bond acceptors (Lipinski definition) is 2. The zero-order valence-electron chi connectivity index (χ0n) is 3.35. The molecule has 0 amide bonds. The van der Waals surface area contributed by atoms with Crippen molar-refractivity contribution in [2.24, 2.45) is 0 Å². The summed E-state index contributed by atoms with van der Waals surface area (Å²) < 4.78 is 4.49. The monoisotopic (exact) mass is 154 g/mol. The molecular formula is C3H7BrO2. The molecule has 0 aromatic carbocycles. The lowest BCUT2D eigenvalue weighted by atomic mass is 10.9. The molecule has 0 unspecified atom stereocenters. The number of aliphatic hydroxyl groups excluding tert-OH is 1. The van der Waals surface area contributed by atoms with Gasteiger partial charge in [0, 0.05) is 5.33 Å². The van der Waals surface area contributed by atoms with Crippen molar-refractivity contribution in [3.05, 3.63) is 0 Å². The average molecular weight is 155 g/mol. The van der Waals surface area contributed by atoms with Gasteiger partial charge >= 0.3 is 0 Å². The molecule has 0 heterocycles. The van der Waals surface area contributed by atoms with Gasteiger partial charge in [0.2, 0.25) is 0 Å². The van der Waals surface area contributed by atoms with Crippen molar-refractivity contribution in [3.8, 4) is 0 Å². The number of ether oxygens (including phenoxy) is 1. The molecule has 2 nitrogen and oxygen atoms in total. The van der Waals surface area contributed by atoms with Crippen LogP contribution in [-0.4, -0.2) is 23.8 Å². The van der Waals surface area contributed by atoms with Gasteiger partial charge < -0.3 is 9.84 Å². The fourth-order valence-corrected chi connectivity index (χ4v) is 0.348. The van der Waals surface area contributed by atoms with E-state index in [0.29, 0.717) is 6.61 Å². The van der Waals surface area contributed by atoms with Crippen LogP contribution in [0.3, 0.4) is 0 Å². The van der Waals surface area contributed by atoms with Crippen LogP contribution in [0.2, 0.25) is 0 Å². The van der Waals surface area contributed by atoms with Crippen LogP contribution in [0.4, 0.5) is 0 Å². The van der Waals surface area contributed by atoms with Gasteiger partial charge in [-0.3, -0.25) is 0 Å². The van der Waals surface area contributed by atoms with Crippen LogP contribution in [0.15, 0.2) is 0 Å². The van der Waals surface area contributed by atoms with Crippen LogP contribution in [0.25, 0.3) is 0 Å². The van der Waals surface area contributed by atoms with E-state index in [4.69, 9.17) is 5.11 Å². The van der Waals surface area contributed by atoms with Gasteiger partial charge in [-0.15, -0.1) is 0 Å². The minimum atomic E-state index is -0.175. The highest BCUT2D eigenvalue weighted by atomic mass is 79.9. The number of alkyl halides is 1. The fourth-order valence-electron chi connectivity index (χ4n) is 0.119. The Kier molecular flexibility index (Phi) is 5.76. The van der Waals surface area contributed by atoms with Gasteiger partial charge in [0.05, 0.1) is 6.61 Å². The lowest BCUT2D eigenvalue weighted by molar-refractivity contribution is 0.00703. The summed E-state index contributed by atoms with van der Waals surface area (Å²) in [5.74, 6) is 0. The molecule has 0 aromatic rings. The molecule has 3 heteroatoms. The Balaban J connectivity index is 2.34.